The van der Waals surface area contributed by atoms with Gasteiger partial charge in [-0.05, 0) is 43.7 Å². The van der Waals surface area contributed by atoms with Crippen molar-refractivity contribution in [2.75, 3.05) is 13.1 Å². The average Bonchev–Trinajstić information content (AvgIpc) is 3.23. The predicted molar refractivity (Wildman–Crippen MR) is 95.2 cm³/mol. The summed E-state index contributed by atoms with van der Waals surface area (Å²) in [4.78, 5) is 4.29. The number of aromatic nitrogens is 3. The van der Waals surface area contributed by atoms with Crippen LogP contribution in [0.25, 0.3) is 0 Å². The first kappa shape index (κ1) is 19.6. The smallest absolute Gasteiger partial charge is 0.240 e. The second kappa shape index (κ2) is 8.61. The maximum atomic E-state index is 12.3. The van der Waals surface area contributed by atoms with E-state index < -0.39 is 10.0 Å². The van der Waals surface area contributed by atoms with Gasteiger partial charge in [-0.1, -0.05) is 0 Å². The first-order valence-electron chi connectivity index (χ1n) is 7.83. The number of hydrogen-bond donors (Lipinski definition) is 2. The molecule has 2 heterocycles. The number of nitrogens with zero attached hydrogens (tertiary/aromatic N) is 3. The molecule has 2 N–H and O–H groups in total. The van der Waals surface area contributed by atoms with Crippen LogP contribution in [0.2, 0.25) is 0 Å². The van der Waals surface area contributed by atoms with Gasteiger partial charge in [0.15, 0.2) is 5.82 Å². The van der Waals surface area contributed by atoms with Crippen LogP contribution in [0.1, 0.15) is 18.7 Å². The minimum atomic E-state index is -3.50. The Hall–Kier alpha value is -1.68. The van der Waals surface area contributed by atoms with Crippen LogP contribution < -0.4 is 14.8 Å². The molecular formula is C15H22ClN5O3S. The number of hydrogen-bond acceptors (Lipinski definition) is 6. The molecule has 0 aliphatic carbocycles. The molecule has 3 rings (SSSR count). The molecule has 10 heteroatoms. The van der Waals surface area contributed by atoms with E-state index >= 15 is 0 Å². The van der Waals surface area contributed by atoms with Crippen LogP contribution in [0, 0.1) is 0 Å². The van der Waals surface area contributed by atoms with Crippen LogP contribution in [-0.2, 0) is 23.7 Å². The van der Waals surface area contributed by atoms with Crippen molar-refractivity contribution in [3.63, 3.8) is 0 Å². The molecule has 1 unspecified atom stereocenters. The zero-order valence-corrected chi connectivity index (χ0v) is 15.5. The van der Waals surface area contributed by atoms with Gasteiger partial charge in [0.25, 0.3) is 0 Å². The van der Waals surface area contributed by atoms with Gasteiger partial charge in [0.05, 0.1) is 4.90 Å². The van der Waals surface area contributed by atoms with Crippen molar-refractivity contribution in [3.05, 3.63) is 36.4 Å². The lowest BCUT2D eigenvalue weighted by molar-refractivity contribution is 0.289. The van der Waals surface area contributed by atoms with Crippen molar-refractivity contribution in [1.29, 1.82) is 0 Å². The minimum absolute atomic E-state index is 0. The van der Waals surface area contributed by atoms with Gasteiger partial charge in [0.2, 0.25) is 10.0 Å². The molecule has 138 valence electrons. The fraction of sp³-hybridized carbons (Fsp3) is 0.467. The molecule has 0 bridgehead atoms. The van der Waals surface area contributed by atoms with Gasteiger partial charge in [-0.15, -0.1) is 12.4 Å². The molecule has 1 aromatic carbocycles. The fourth-order valence-electron chi connectivity index (χ4n) is 2.54. The lowest BCUT2D eigenvalue weighted by Gasteiger charge is -2.12. The Morgan fingerprint density at radius 2 is 2.12 bits per heavy atom. The third-order valence-electron chi connectivity index (χ3n) is 3.99. The quantitative estimate of drug-likeness (QED) is 0.730. The minimum Gasteiger partial charge on any atom is -0.486 e. The number of nitrogens with one attached hydrogen (secondary N) is 2. The number of rotatable bonds is 7. The summed E-state index contributed by atoms with van der Waals surface area (Å²) < 4.78 is 34.4. The normalized spacial score (nSPS) is 17.2. The summed E-state index contributed by atoms with van der Waals surface area (Å²) in [6, 6.07) is 6.57. The Kier molecular flexibility index (Phi) is 6.77. The lowest BCUT2D eigenvalue weighted by Crippen LogP contribution is -2.37. The Labute approximate surface area is 153 Å². The average molecular weight is 388 g/mol. The third kappa shape index (κ3) is 5.15. The van der Waals surface area contributed by atoms with Crippen molar-refractivity contribution >= 4 is 22.4 Å². The maximum Gasteiger partial charge on any atom is 0.240 e. The maximum absolute atomic E-state index is 12.3. The van der Waals surface area contributed by atoms with Gasteiger partial charge in [-0.25, -0.2) is 18.1 Å². The van der Waals surface area contributed by atoms with E-state index in [2.05, 4.69) is 20.1 Å². The van der Waals surface area contributed by atoms with Crippen molar-refractivity contribution in [3.8, 4) is 5.75 Å². The summed E-state index contributed by atoms with van der Waals surface area (Å²) in [5.41, 5.74) is 0. The Bertz CT molecular complexity index is 773. The second-order valence-electron chi connectivity index (χ2n) is 5.71. The largest absolute Gasteiger partial charge is 0.486 e. The van der Waals surface area contributed by atoms with Gasteiger partial charge in [0, 0.05) is 19.6 Å². The van der Waals surface area contributed by atoms with E-state index in [4.69, 9.17) is 4.74 Å². The van der Waals surface area contributed by atoms with E-state index in [1.165, 1.54) is 18.5 Å². The molecule has 1 aromatic heterocycles. The summed E-state index contributed by atoms with van der Waals surface area (Å²) in [7, 11) is -1.72. The van der Waals surface area contributed by atoms with Crippen LogP contribution in [0.5, 0.6) is 5.75 Å². The first-order chi connectivity index (χ1) is 11.5. The van der Waals surface area contributed by atoms with Crippen LogP contribution in [0.4, 0.5) is 0 Å². The van der Waals surface area contributed by atoms with Crippen LogP contribution in [0.15, 0.2) is 35.5 Å². The highest BCUT2D eigenvalue weighted by molar-refractivity contribution is 7.89. The Balaban J connectivity index is 0.00000225. The molecule has 1 atom stereocenters. The lowest BCUT2D eigenvalue weighted by atomic mass is 10.2. The van der Waals surface area contributed by atoms with Gasteiger partial charge < -0.3 is 10.1 Å². The first-order valence-corrected chi connectivity index (χ1v) is 9.32. The van der Waals surface area contributed by atoms with E-state index in [0.29, 0.717) is 18.1 Å². The van der Waals surface area contributed by atoms with Gasteiger partial charge in [-0.3, -0.25) is 4.68 Å². The van der Waals surface area contributed by atoms with Crippen molar-refractivity contribution in [1.82, 2.24) is 24.8 Å². The molecule has 1 aliphatic heterocycles. The molecular weight excluding hydrogens is 366 g/mol. The van der Waals surface area contributed by atoms with Gasteiger partial charge in [0.1, 0.15) is 18.7 Å². The topological polar surface area (TPSA) is 98.1 Å². The Morgan fingerprint density at radius 3 is 2.72 bits per heavy atom. The zero-order chi connectivity index (χ0) is 17.0. The summed E-state index contributed by atoms with van der Waals surface area (Å²) in [5, 5.41) is 7.23. The van der Waals surface area contributed by atoms with E-state index in [9.17, 15) is 8.42 Å². The summed E-state index contributed by atoms with van der Waals surface area (Å²) in [6.45, 7) is 1.63. The number of aryl methyl sites for hydroxylation is 1. The summed E-state index contributed by atoms with van der Waals surface area (Å²) in [5.74, 6) is 1.27. The molecule has 1 saturated heterocycles. The van der Waals surface area contributed by atoms with Crippen LogP contribution in [-0.4, -0.2) is 42.3 Å². The molecule has 0 spiro atoms. The molecule has 8 nitrogen and oxygen atoms in total. The van der Waals surface area contributed by atoms with E-state index in [1.54, 1.807) is 23.9 Å². The summed E-state index contributed by atoms with van der Waals surface area (Å²) in [6.07, 6.45) is 3.54. The van der Waals surface area contributed by atoms with Crippen molar-refractivity contribution < 1.29 is 13.2 Å². The van der Waals surface area contributed by atoms with E-state index in [-0.39, 0.29) is 30.0 Å². The number of halogens is 1. The molecule has 0 saturated carbocycles. The fourth-order valence-corrected chi connectivity index (χ4v) is 3.62. The molecule has 0 amide bonds. The van der Waals surface area contributed by atoms with Crippen LogP contribution in [0.3, 0.4) is 0 Å². The number of sulfonamides is 1. The van der Waals surface area contributed by atoms with Crippen molar-refractivity contribution in [2.45, 2.75) is 30.4 Å². The molecule has 1 fully saturated rings. The monoisotopic (exact) mass is 387 g/mol. The van der Waals surface area contributed by atoms with Crippen molar-refractivity contribution in [2.24, 2.45) is 7.05 Å². The molecule has 0 radical (unpaired) electrons. The summed E-state index contributed by atoms with van der Waals surface area (Å²) >= 11 is 0. The van der Waals surface area contributed by atoms with Gasteiger partial charge >= 0.3 is 0 Å². The molecule has 2 aromatic rings. The number of ether oxygens (including phenoxy) is 1. The molecule has 1 aliphatic rings. The Morgan fingerprint density at radius 1 is 1.36 bits per heavy atom. The highest BCUT2D eigenvalue weighted by Crippen LogP contribution is 2.17. The standard InChI is InChI=1S/C15H21N5O3S.ClH/c1-20-15(17-11-18-20)10-23-13-4-6-14(7-5-13)24(21,22)19-9-12-3-2-8-16-12;/h4-7,11-12,16,19H,2-3,8-10H2,1H3;1H. The third-order valence-corrected chi connectivity index (χ3v) is 5.43. The predicted octanol–water partition coefficient (Wildman–Crippen LogP) is 0.846. The zero-order valence-electron chi connectivity index (χ0n) is 13.9. The molecule has 25 heavy (non-hydrogen) atoms. The van der Waals surface area contributed by atoms with Gasteiger partial charge in [-0.2, -0.15) is 5.10 Å². The van der Waals surface area contributed by atoms with E-state index in [1.807, 2.05) is 0 Å². The number of benzene rings is 1. The van der Waals surface area contributed by atoms with Crippen LogP contribution >= 0.6 is 12.4 Å². The van der Waals surface area contributed by atoms with E-state index in [0.717, 1.165) is 19.4 Å². The second-order valence-corrected chi connectivity index (χ2v) is 7.47. The highest BCUT2D eigenvalue weighted by atomic mass is 35.5. The SMILES string of the molecule is Cl.Cn1ncnc1COc1ccc(S(=O)(=O)NCC2CCCN2)cc1. The highest BCUT2D eigenvalue weighted by Gasteiger charge is 2.19.